The lowest BCUT2D eigenvalue weighted by Gasteiger charge is -1.84. The number of rotatable bonds is 1. The third kappa shape index (κ3) is 1.80. The Kier molecular flexibility index (Phi) is 2.19. The fourth-order valence-corrected chi connectivity index (χ4v) is 0.669. The minimum atomic E-state index is 0.796. The zero-order valence-corrected chi connectivity index (χ0v) is 5.54. The molecule has 1 aliphatic rings. The maximum Gasteiger partial charge on any atom is 0.0830 e. The van der Waals surface area contributed by atoms with Crippen molar-refractivity contribution in [3.63, 3.8) is 0 Å². The molecule has 0 bridgehead atoms. The molecule has 2 heteroatoms. The summed E-state index contributed by atoms with van der Waals surface area (Å²) in [6.45, 7) is 3.59. The summed E-state index contributed by atoms with van der Waals surface area (Å²) in [5.41, 5.74) is 1.30. The largest absolute Gasteiger partial charge is 0.189 e. The summed E-state index contributed by atoms with van der Waals surface area (Å²) in [6.07, 6.45) is 6.09. The van der Waals surface area contributed by atoms with Crippen LogP contribution in [-0.4, -0.2) is 13.1 Å². The molecule has 48 valence electrons. The highest BCUT2D eigenvalue weighted by Crippen LogP contribution is 2.04. The fourth-order valence-electron chi connectivity index (χ4n) is 0.669. The third-order valence-corrected chi connectivity index (χ3v) is 1.17. The molecule has 0 unspecified atom stereocenters. The maximum absolute atomic E-state index is 3.84. The number of hydrogen-bond acceptors (Lipinski definition) is 2. The highest BCUT2D eigenvalue weighted by atomic mass is 15.1. The minimum Gasteiger partial charge on any atom is -0.189 e. The standard InChI is InChI=1S/C7H10N2/c1-2-3-4-7-5-8-9-6-7/h2-4H,5-6H2,1H3. The van der Waals surface area contributed by atoms with Crippen LogP contribution in [0.25, 0.3) is 0 Å². The van der Waals surface area contributed by atoms with Crippen molar-refractivity contribution in [3.8, 4) is 0 Å². The van der Waals surface area contributed by atoms with E-state index in [2.05, 4.69) is 16.3 Å². The van der Waals surface area contributed by atoms with Crippen LogP contribution in [0.1, 0.15) is 6.92 Å². The highest BCUT2D eigenvalue weighted by Gasteiger charge is 1.98. The van der Waals surface area contributed by atoms with Crippen molar-refractivity contribution < 1.29 is 0 Å². The van der Waals surface area contributed by atoms with Gasteiger partial charge < -0.3 is 0 Å². The van der Waals surface area contributed by atoms with Crippen LogP contribution in [0, 0.1) is 0 Å². The first-order valence-corrected chi connectivity index (χ1v) is 3.07. The van der Waals surface area contributed by atoms with Gasteiger partial charge in [-0.3, -0.25) is 0 Å². The first-order chi connectivity index (χ1) is 4.43. The molecule has 0 N–H and O–H groups in total. The van der Waals surface area contributed by atoms with E-state index in [1.165, 1.54) is 5.57 Å². The summed E-state index contributed by atoms with van der Waals surface area (Å²) < 4.78 is 0. The van der Waals surface area contributed by atoms with Crippen LogP contribution in [0.5, 0.6) is 0 Å². The van der Waals surface area contributed by atoms with E-state index in [0.717, 1.165) is 13.1 Å². The average molecular weight is 122 g/mol. The predicted molar refractivity (Wildman–Crippen MR) is 37.5 cm³/mol. The molecule has 2 nitrogen and oxygen atoms in total. The van der Waals surface area contributed by atoms with E-state index in [1.54, 1.807) is 0 Å². The second kappa shape index (κ2) is 3.17. The molecule has 0 aromatic carbocycles. The van der Waals surface area contributed by atoms with Gasteiger partial charge >= 0.3 is 0 Å². The van der Waals surface area contributed by atoms with Gasteiger partial charge in [-0.1, -0.05) is 18.2 Å². The molecule has 1 heterocycles. The lowest BCUT2D eigenvalue weighted by Crippen LogP contribution is -1.82. The SMILES string of the molecule is CC=CC=C1CN=NC1. The van der Waals surface area contributed by atoms with Crippen LogP contribution in [0.2, 0.25) is 0 Å². The molecule has 0 fully saturated rings. The third-order valence-electron chi connectivity index (χ3n) is 1.17. The Labute approximate surface area is 55.0 Å². The van der Waals surface area contributed by atoms with E-state index >= 15 is 0 Å². The van der Waals surface area contributed by atoms with Gasteiger partial charge in [0.25, 0.3) is 0 Å². The van der Waals surface area contributed by atoms with Gasteiger partial charge in [0, 0.05) is 0 Å². The molecule has 0 aliphatic carbocycles. The van der Waals surface area contributed by atoms with Gasteiger partial charge in [0.15, 0.2) is 0 Å². The molecule has 0 amide bonds. The zero-order valence-electron chi connectivity index (χ0n) is 5.54. The van der Waals surface area contributed by atoms with Crippen LogP contribution in [-0.2, 0) is 0 Å². The normalized spacial score (nSPS) is 17.7. The van der Waals surface area contributed by atoms with Gasteiger partial charge in [-0.15, -0.1) is 0 Å². The molecule has 0 aromatic heterocycles. The molecule has 0 aromatic rings. The predicted octanol–water partition coefficient (Wildman–Crippen LogP) is 1.95. The zero-order chi connectivity index (χ0) is 6.53. The van der Waals surface area contributed by atoms with E-state index in [0.29, 0.717) is 0 Å². The van der Waals surface area contributed by atoms with Crippen molar-refractivity contribution >= 4 is 0 Å². The molecule has 0 saturated carbocycles. The molecule has 0 saturated heterocycles. The Hall–Kier alpha value is -0.920. The van der Waals surface area contributed by atoms with Crippen LogP contribution in [0.3, 0.4) is 0 Å². The first kappa shape index (κ1) is 6.20. The Balaban J connectivity index is 2.43. The second-order valence-corrected chi connectivity index (χ2v) is 1.95. The number of hydrogen-bond donors (Lipinski definition) is 0. The molecule has 9 heavy (non-hydrogen) atoms. The van der Waals surface area contributed by atoms with Crippen LogP contribution in [0.15, 0.2) is 34.0 Å². The minimum absolute atomic E-state index is 0.796. The summed E-state index contributed by atoms with van der Waals surface area (Å²) in [5, 5.41) is 7.68. The molecule has 0 radical (unpaired) electrons. The summed E-state index contributed by atoms with van der Waals surface area (Å²) in [4.78, 5) is 0. The summed E-state index contributed by atoms with van der Waals surface area (Å²) in [7, 11) is 0. The van der Waals surface area contributed by atoms with E-state index in [9.17, 15) is 0 Å². The van der Waals surface area contributed by atoms with Gasteiger partial charge in [0.05, 0.1) is 13.1 Å². The van der Waals surface area contributed by atoms with Crippen molar-refractivity contribution in [1.82, 2.24) is 0 Å². The quantitative estimate of drug-likeness (QED) is 0.508. The molecule has 0 atom stereocenters. The smallest absolute Gasteiger partial charge is 0.0830 e. The van der Waals surface area contributed by atoms with Crippen molar-refractivity contribution in [3.05, 3.63) is 23.8 Å². The van der Waals surface area contributed by atoms with Gasteiger partial charge in [0.2, 0.25) is 0 Å². The van der Waals surface area contributed by atoms with Gasteiger partial charge in [-0.25, -0.2) is 0 Å². The summed E-state index contributed by atoms with van der Waals surface area (Å²) in [6, 6.07) is 0. The van der Waals surface area contributed by atoms with Crippen LogP contribution < -0.4 is 0 Å². The average Bonchev–Trinajstić information content (AvgIpc) is 2.34. The van der Waals surface area contributed by atoms with Crippen molar-refractivity contribution in [2.24, 2.45) is 10.2 Å². The molecular weight excluding hydrogens is 112 g/mol. The number of nitrogens with zero attached hydrogens (tertiary/aromatic N) is 2. The molecule has 0 spiro atoms. The second-order valence-electron chi connectivity index (χ2n) is 1.95. The fraction of sp³-hybridized carbons (Fsp3) is 0.429. The molecule has 1 rings (SSSR count). The Bertz CT molecular complexity index is 156. The van der Waals surface area contributed by atoms with Crippen molar-refractivity contribution in [1.29, 1.82) is 0 Å². The van der Waals surface area contributed by atoms with Crippen LogP contribution in [0.4, 0.5) is 0 Å². The van der Waals surface area contributed by atoms with Crippen molar-refractivity contribution in [2.45, 2.75) is 6.92 Å². The van der Waals surface area contributed by atoms with E-state index < -0.39 is 0 Å². The first-order valence-electron chi connectivity index (χ1n) is 3.07. The monoisotopic (exact) mass is 122 g/mol. The van der Waals surface area contributed by atoms with E-state index in [1.807, 2.05) is 19.1 Å². The van der Waals surface area contributed by atoms with Gasteiger partial charge in [-0.05, 0) is 12.5 Å². The Morgan fingerprint density at radius 1 is 1.33 bits per heavy atom. The van der Waals surface area contributed by atoms with Gasteiger partial charge in [0.1, 0.15) is 0 Å². The Morgan fingerprint density at radius 2 is 2.00 bits per heavy atom. The molecule has 1 aliphatic heterocycles. The topological polar surface area (TPSA) is 24.7 Å². The van der Waals surface area contributed by atoms with E-state index in [-0.39, 0.29) is 0 Å². The number of azo groups is 1. The Morgan fingerprint density at radius 3 is 2.56 bits per heavy atom. The summed E-state index contributed by atoms with van der Waals surface area (Å²) >= 11 is 0. The summed E-state index contributed by atoms with van der Waals surface area (Å²) in [5.74, 6) is 0. The highest BCUT2D eigenvalue weighted by molar-refractivity contribution is 5.16. The lowest BCUT2D eigenvalue weighted by atomic mass is 10.2. The van der Waals surface area contributed by atoms with Crippen LogP contribution >= 0.6 is 0 Å². The van der Waals surface area contributed by atoms with Gasteiger partial charge in [-0.2, -0.15) is 10.2 Å². The van der Waals surface area contributed by atoms with E-state index in [4.69, 9.17) is 0 Å². The molecular formula is C7H10N2. The van der Waals surface area contributed by atoms with Crippen molar-refractivity contribution in [2.75, 3.05) is 13.1 Å². The lowest BCUT2D eigenvalue weighted by molar-refractivity contribution is 1.11. The number of allylic oxidation sites excluding steroid dienone is 3. The maximum atomic E-state index is 3.84.